The van der Waals surface area contributed by atoms with Gasteiger partial charge < -0.3 is 5.32 Å². The van der Waals surface area contributed by atoms with Crippen molar-refractivity contribution in [2.45, 2.75) is 0 Å². The smallest absolute Gasteiger partial charge is 0.252 e. The number of rotatable bonds is 4. The van der Waals surface area contributed by atoms with Crippen LogP contribution in [0.25, 0.3) is 16.9 Å². The third-order valence-corrected chi connectivity index (χ3v) is 3.33. The molecule has 0 radical (unpaired) electrons. The van der Waals surface area contributed by atoms with E-state index in [1.165, 1.54) is 0 Å². The van der Waals surface area contributed by atoms with Gasteiger partial charge in [0.2, 0.25) is 0 Å². The first-order chi connectivity index (χ1) is 10.3. The molecule has 0 bridgehead atoms. The molecule has 1 amide bonds. The molecule has 5 nitrogen and oxygen atoms in total. The average molecular weight is 298 g/mol. The molecule has 0 aliphatic carbocycles. The molecule has 0 saturated heterocycles. The Morgan fingerprint density at radius 1 is 1.19 bits per heavy atom. The minimum absolute atomic E-state index is 0.140. The Balaban J connectivity index is 1.89. The van der Waals surface area contributed by atoms with Crippen LogP contribution < -0.4 is 5.32 Å². The highest BCUT2D eigenvalue weighted by atomic mass is 32.1. The van der Waals surface area contributed by atoms with E-state index in [9.17, 15) is 4.79 Å². The summed E-state index contributed by atoms with van der Waals surface area (Å²) in [7, 11) is 0. The number of nitrogens with one attached hydrogen (secondary N) is 1. The molecule has 0 unspecified atom stereocenters. The lowest BCUT2D eigenvalue weighted by molar-refractivity contribution is 0.0956. The third kappa shape index (κ3) is 2.75. The quantitative estimate of drug-likeness (QED) is 0.725. The summed E-state index contributed by atoms with van der Waals surface area (Å²) in [4.78, 5) is 20.5. The molecule has 0 atom stereocenters. The monoisotopic (exact) mass is 298 g/mol. The van der Waals surface area contributed by atoms with Crippen molar-refractivity contribution in [3.05, 3.63) is 54.5 Å². The summed E-state index contributed by atoms with van der Waals surface area (Å²) in [6.07, 6.45) is 3.30. The summed E-state index contributed by atoms with van der Waals surface area (Å²) in [5, 5.41) is 2.76. The lowest BCUT2D eigenvalue weighted by Gasteiger charge is -2.05. The standard InChI is InChI=1S/C15H14N4OS/c20-15(16-7-8-21)11-5-6-14(17-9-11)19-10-18-12-3-1-2-4-13(12)19/h1-6,9-10,21H,7-8H2,(H,16,20). The van der Waals surface area contributed by atoms with Gasteiger partial charge in [0, 0.05) is 18.5 Å². The molecular weight excluding hydrogens is 284 g/mol. The fourth-order valence-corrected chi connectivity index (χ4v) is 2.19. The summed E-state index contributed by atoms with van der Waals surface area (Å²) < 4.78 is 1.89. The van der Waals surface area contributed by atoms with E-state index in [-0.39, 0.29) is 5.91 Å². The van der Waals surface area contributed by atoms with Gasteiger partial charge >= 0.3 is 0 Å². The number of fused-ring (bicyclic) bond motifs is 1. The minimum atomic E-state index is -0.140. The van der Waals surface area contributed by atoms with Gasteiger partial charge in [-0.2, -0.15) is 12.6 Å². The number of pyridine rings is 1. The van der Waals surface area contributed by atoms with E-state index in [1.54, 1.807) is 18.6 Å². The zero-order valence-corrected chi connectivity index (χ0v) is 12.1. The predicted octanol–water partition coefficient (Wildman–Crippen LogP) is 2.08. The molecule has 21 heavy (non-hydrogen) atoms. The minimum Gasteiger partial charge on any atom is -0.351 e. The third-order valence-electron chi connectivity index (χ3n) is 3.11. The topological polar surface area (TPSA) is 59.8 Å². The molecule has 0 spiro atoms. The molecule has 0 saturated carbocycles. The molecule has 3 aromatic rings. The highest BCUT2D eigenvalue weighted by molar-refractivity contribution is 7.80. The van der Waals surface area contributed by atoms with Crippen LogP contribution in [0.3, 0.4) is 0 Å². The first-order valence-corrected chi connectivity index (χ1v) is 7.20. The summed E-state index contributed by atoms with van der Waals surface area (Å²) >= 11 is 4.06. The molecule has 2 aromatic heterocycles. The van der Waals surface area contributed by atoms with E-state index < -0.39 is 0 Å². The van der Waals surface area contributed by atoms with E-state index >= 15 is 0 Å². The van der Waals surface area contributed by atoms with Gasteiger partial charge in [-0.1, -0.05) is 12.1 Å². The van der Waals surface area contributed by atoms with Crippen molar-refractivity contribution in [2.24, 2.45) is 0 Å². The lowest BCUT2D eigenvalue weighted by Crippen LogP contribution is -2.25. The Morgan fingerprint density at radius 3 is 2.81 bits per heavy atom. The van der Waals surface area contributed by atoms with Gasteiger partial charge in [-0.25, -0.2) is 9.97 Å². The van der Waals surface area contributed by atoms with Crippen molar-refractivity contribution in [3.8, 4) is 5.82 Å². The fraction of sp³-hybridized carbons (Fsp3) is 0.133. The fourth-order valence-electron chi connectivity index (χ4n) is 2.08. The van der Waals surface area contributed by atoms with E-state index in [2.05, 4.69) is 27.9 Å². The normalized spacial score (nSPS) is 10.7. The van der Waals surface area contributed by atoms with Crippen molar-refractivity contribution < 1.29 is 4.79 Å². The Hall–Kier alpha value is -2.34. The van der Waals surface area contributed by atoms with Crippen LogP contribution in [-0.4, -0.2) is 32.7 Å². The molecule has 3 rings (SSSR count). The maximum atomic E-state index is 11.8. The molecule has 1 aromatic carbocycles. The molecule has 0 aliphatic rings. The van der Waals surface area contributed by atoms with Crippen LogP contribution in [0, 0.1) is 0 Å². The first kappa shape index (κ1) is 13.6. The van der Waals surface area contributed by atoms with Crippen LogP contribution in [0.2, 0.25) is 0 Å². The summed E-state index contributed by atoms with van der Waals surface area (Å²) in [5.41, 5.74) is 2.43. The second-order valence-corrected chi connectivity index (χ2v) is 4.94. The number of benzene rings is 1. The lowest BCUT2D eigenvalue weighted by atomic mass is 10.2. The summed E-state index contributed by atoms with van der Waals surface area (Å²) in [5.74, 6) is 1.20. The second kappa shape index (κ2) is 5.97. The van der Waals surface area contributed by atoms with E-state index in [4.69, 9.17) is 0 Å². The number of carbonyl (C=O) groups excluding carboxylic acids is 1. The summed E-state index contributed by atoms with van der Waals surface area (Å²) in [6, 6.07) is 11.4. The Kier molecular flexibility index (Phi) is 3.87. The number of carbonyl (C=O) groups is 1. The van der Waals surface area contributed by atoms with Crippen LogP contribution in [0.15, 0.2) is 48.9 Å². The highest BCUT2D eigenvalue weighted by Crippen LogP contribution is 2.16. The number of aromatic nitrogens is 3. The molecule has 1 N–H and O–H groups in total. The van der Waals surface area contributed by atoms with Gasteiger partial charge in [-0.15, -0.1) is 0 Å². The highest BCUT2D eigenvalue weighted by Gasteiger charge is 2.08. The number of hydrogen-bond donors (Lipinski definition) is 2. The maximum absolute atomic E-state index is 11.8. The number of nitrogens with zero attached hydrogens (tertiary/aromatic N) is 3. The first-order valence-electron chi connectivity index (χ1n) is 6.57. The van der Waals surface area contributed by atoms with Crippen LogP contribution >= 0.6 is 12.6 Å². The number of thiol groups is 1. The second-order valence-electron chi connectivity index (χ2n) is 4.49. The Labute approximate surface area is 127 Å². The molecule has 0 fully saturated rings. The average Bonchev–Trinajstić information content (AvgIpc) is 2.97. The number of para-hydroxylation sites is 2. The number of hydrogen-bond acceptors (Lipinski definition) is 4. The van der Waals surface area contributed by atoms with Gasteiger partial charge in [0.05, 0.1) is 16.6 Å². The van der Waals surface area contributed by atoms with Crippen molar-refractivity contribution in [1.82, 2.24) is 19.9 Å². The number of amides is 1. The predicted molar refractivity (Wildman–Crippen MR) is 85.1 cm³/mol. The van der Waals surface area contributed by atoms with Crippen LogP contribution in [0.1, 0.15) is 10.4 Å². The van der Waals surface area contributed by atoms with Gasteiger partial charge in [0.15, 0.2) is 0 Å². The van der Waals surface area contributed by atoms with Gasteiger partial charge in [-0.3, -0.25) is 9.36 Å². The SMILES string of the molecule is O=C(NCCS)c1ccc(-n2cnc3ccccc32)nc1. The largest absolute Gasteiger partial charge is 0.351 e. The number of imidazole rings is 1. The van der Waals surface area contributed by atoms with Crippen molar-refractivity contribution in [1.29, 1.82) is 0 Å². The van der Waals surface area contributed by atoms with Crippen molar-refractivity contribution in [3.63, 3.8) is 0 Å². The van der Waals surface area contributed by atoms with Crippen LogP contribution in [0.5, 0.6) is 0 Å². The van der Waals surface area contributed by atoms with Crippen LogP contribution in [-0.2, 0) is 0 Å². The zero-order valence-electron chi connectivity index (χ0n) is 11.2. The van der Waals surface area contributed by atoms with E-state index in [1.807, 2.05) is 34.9 Å². The van der Waals surface area contributed by atoms with Crippen LogP contribution in [0.4, 0.5) is 0 Å². The zero-order chi connectivity index (χ0) is 14.7. The van der Waals surface area contributed by atoms with Gasteiger partial charge in [-0.05, 0) is 24.3 Å². The molecule has 0 aliphatic heterocycles. The van der Waals surface area contributed by atoms with Crippen molar-refractivity contribution in [2.75, 3.05) is 12.3 Å². The molecule has 106 valence electrons. The summed E-state index contributed by atoms with van der Waals surface area (Å²) in [6.45, 7) is 0.538. The van der Waals surface area contributed by atoms with Gasteiger partial charge in [0.1, 0.15) is 12.1 Å². The molecule has 6 heteroatoms. The van der Waals surface area contributed by atoms with E-state index in [0.29, 0.717) is 17.9 Å². The molecular formula is C15H14N4OS. The maximum Gasteiger partial charge on any atom is 0.252 e. The van der Waals surface area contributed by atoms with Gasteiger partial charge in [0.25, 0.3) is 5.91 Å². The van der Waals surface area contributed by atoms with Crippen molar-refractivity contribution >= 4 is 29.6 Å². The Morgan fingerprint density at radius 2 is 2.05 bits per heavy atom. The Bertz CT molecular complexity index is 767. The van der Waals surface area contributed by atoms with E-state index in [0.717, 1.165) is 16.9 Å². The molecule has 2 heterocycles.